The molecule has 2 atom stereocenters. The summed E-state index contributed by atoms with van der Waals surface area (Å²) in [6.07, 6.45) is 15.1. The average molecular weight is 236 g/mol. The Hall–Kier alpha value is -0.300. The Morgan fingerprint density at radius 1 is 0.824 bits per heavy atom. The summed E-state index contributed by atoms with van der Waals surface area (Å²) in [7, 11) is 0. The van der Waals surface area contributed by atoms with E-state index in [1.54, 1.807) is 0 Å². The van der Waals surface area contributed by atoms with Gasteiger partial charge in [0.2, 0.25) is 0 Å². The maximum atomic E-state index is 10.6. The SMILES string of the molecule is C=C[C@H](C1CCCCC1)[C@H](O)C1CCCCC1. The summed E-state index contributed by atoms with van der Waals surface area (Å²) >= 11 is 0. The van der Waals surface area contributed by atoms with E-state index in [9.17, 15) is 5.11 Å². The van der Waals surface area contributed by atoms with Crippen molar-refractivity contribution in [2.75, 3.05) is 0 Å². The quantitative estimate of drug-likeness (QED) is 0.721. The maximum absolute atomic E-state index is 10.6. The molecule has 0 heterocycles. The zero-order valence-electron chi connectivity index (χ0n) is 11.1. The van der Waals surface area contributed by atoms with Gasteiger partial charge in [0.25, 0.3) is 0 Å². The molecule has 0 aromatic carbocycles. The normalized spacial score (nSPS) is 27.6. The molecule has 2 rings (SSSR count). The molecule has 1 heteroatoms. The topological polar surface area (TPSA) is 20.2 Å². The van der Waals surface area contributed by atoms with E-state index < -0.39 is 0 Å². The van der Waals surface area contributed by atoms with Crippen molar-refractivity contribution < 1.29 is 5.11 Å². The van der Waals surface area contributed by atoms with Crippen LogP contribution in [-0.4, -0.2) is 11.2 Å². The minimum atomic E-state index is -0.115. The van der Waals surface area contributed by atoms with Crippen LogP contribution in [0.15, 0.2) is 12.7 Å². The highest BCUT2D eigenvalue weighted by Gasteiger charge is 2.32. The first kappa shape index (κ1) is 13.1. The lowest BCUT2D eigenvalue weighted by molar-refractivity contribution is 0.0213. The number of aliphatic hydroxyl groups is 1. The molecule has 0 aromatic rings. The van der Waals surface area contributed by atoms with Crippen LogP contribution in [0, 0.1) is 17.8 Å². The molecule has 1 nitrogen and oxygen atoms in total. The van der Waals surface area contributed by atoms with Crippen LogP contribution in [0.5, 0.6) is 0 Å². The van der Waals surface area contributed by atoms with Crippen LogP contribution in [0.1, 0.15) is 64.2 Å². The van der Waals surface area contributed by atoms with Crippen molar-refractivity contribution in [3.63, 3.8) is 0 Å². The van der Waals surface area contributed by atoms with Crippen LogP contribution < -0.4 is 0 Å². The molecule has 2 fully saturated rings. The first-order chi connectivity index (χ1) is 8.33. The smallest absolute Gasteiger partial charge is 0.0633 e. The summed E-state index contributed by atoms with van der Waals surface area (Å²) in [5.41, 5.74) is 0. The Kier molecular flexibility index (Phi) is 5.09. The van der Waals surface area contributed by atoms with Crippen LogP contribution >= 0.6 is 0 Å². The summed E-state index contributed by atoms with van der Waals surface area (Å²) in [5, 5.41) is 10.6. The molecule has 2 aliphatic carbocycles. The lowest BCUT2D eigenvalue weighted by Crippen LogP contribution is -2.34. The van der Waals surface area contributed by atoms with Crippen molar-refractivity contribution in [1.29, 1.82) is 0 Å². The van der Waals surface area contributed by atoms with Gasteiger partial charge in [-0.2, -0.15) is 0 Å². The van der Waals surface area contributed by atoms with Gasteiger partial charge in [-0.15, -0.1) is 6.58 Å². The molecule has 2 saturated carbocycles. The highest BCUT2D eigenvalue weighted by atomic mass is 16.3. The first-order valence-corrected chi connectivity index (χ1v) is 7.63. The molecule has 0 unspecified atom stereocenters. The fourth-order valence-electron chi connectivity index (χ4n) is 3.92. The molecular weight excluding hydrogens is 208 g/mol. The second-order valence-electron chi connectivity index (χ2n) is 6.10. The summed E-state index contributed by atoms with van der Waals surface area (Å²) < 4.78 is 0. The molecule has 2 aliphatic rings. The standard InChI is InChI=1S/C16H28O/c1-2-15(13-9-5-3-6-10-13)16(17)14-11-7-4-8-12-14/h2,13-17H,1,3-12H2/t15-,16-/m1/s1. The van der Waals surface area contributed by atoms with E-state index in [4.69, 9.17) is 0 Å². The van der Waals surface area contributed by atoms with Crippen molar-refractivity contribution in [3.05, 3.63) is 12.7 Å². The van der Waals surface area contributed by atoms with Gasteiger partial charge in [-0.3, -0.25) is 0 Å². The lowest BCUT2D eigenvalue weighted by Gasteiger charge is -2.36. The highest BCUT2D eigenvalue weighted by Crippen LogP contribution is 2.37. The summed E-state index contributed by atoms with van der Waals surface area (Å²) in [6.45, 7) is 3.99. The van der Waals surface area contributed by atoms with E-state index in [1.807, 2.05) is 0 Å². The summed E-state index contributed by atoms with van der Waals surface area (Å²) in [5.74, 6) is 1.62. The van der Waals surface area contributed by atoms with Gasteiger partial charge in [0.1, 0.15) is 0 Å². The monoisotopic (exact) mass is 236 g/mol. The van der Waals surface area contributed by atoms with Gasteiger partial charge in [-0.25, -0.2) is 0 Å². The van der Waals surface area contributed by atoms with E-state index in [1.165, 1.54) is 64.2 Å². The Bertz CT molecular complexity index is 224. The van der Waals surface area contributed by atoms with Gasteiger partial charge in [0.05, 0.1) is 6.10 Å². The van der Waals surface area contributed by atoms with Gasteiger partial charge in [0, 0.05) is 5.92 Å². The Labute approximate surface area is 106 Å². The van der Waals surface area contributed by atoms with Gasteiger partial charge < -0.3 is 5.11 Å². The minimum Gasteiger partial charge on any atom is -0.392 e. The van der Waals surface area contributed by atoms with Gasteiger partial charge >= 0.3 is 0 Å². The van der Waals surface area contributed by atoms with E-state index in [2.05, 4.69) is 12.7 Å². The molecule has 0 saturated heterocycles. The largest absolute Gasteiger partial charge is 0.392 e. The van der Waals surface area contributed by atoms with Crippen LogP contribution in [0.3, 0.4) is 0 Å². The molecule has 1 N–H and O–H groups in total. The number of aliphatic hydroxyl groups excluding tert-OH is 1. The third-order valence-electron chi connectivity index (χ3n) is 4.99. The van der Waals surface area contributed by atoms with E-state index in [0.717, 1.165) is 0 Å². The summed E-state index contributed by atoms with van der Waals surface area (Å²) in [4.78, 5) is 0. The van der Waals surface area contributed by atoms with Gasteiger partial charge in [0.15, 0.2) is 0 Å². The molecule has 0 spiro atoms. The van der Waals surface area contributed by atoms with E-state index >= 15 is 0 Å². The lowest BCUT2D eigenvalue weighted by atomic mass is 9.72. The second-order valence-corrected chi connectivity index (χ2v) is 6.10. The Morgan fingerprint density at radius 3 is 1.76 bits per heavy atom. The third kappa shape index (κ3) is 3.34. The van der Waals surface area contributed by atoms with Crippen molar-refractivity contribution in [2.24, 2.45) is 17.8 Å². The number of rotatable bonds is 4. The zero-order chi connectivity index (χ0) is 12.1. The molecule has 0 radical (unpaired) electrons. The summed E-state index contributed by atoms with van der Waals surface area (Å²) in [6, 6.07) is 0. The molecule has 17 heavy (non-hydrogen) atoms. The molecule has 98 valence electrons. The van der Waals surface area contributed by atoms with Crippen molar-refractivity contribution in [3.8, 4) is 0 Å². The molecule has 0 bridgehead atoms. The number of hydrogen-bond donors (Lipinski definition) is 1. The zero-order valence-corrected chi connectivity index (χ0v) is 11.1. The minimum absolute atomic E-state index is 0.115. The highest BCUT2D eigenvalue weighted by molar-refractivity contribution is 4.93. The van der Waals surface area contributed by atoms with Crippen LogP contribution in [0.4, 0.5) is 0 Å². The molecular formula is C16H28O. The van der Waals surface area contributed by atoms with Crippen LogP contribution in [-0.2, 0) is 0 Å². The first-order valence-electron chi connectivity index (χ1n) is 7.63. The van der Waals surface area contributed by atoms with Crippen molar-refractivity contribution in [1.82, 2.24) is 0 Å². The van der Waals surface area contributed by atoms with E-state index in [0.29, 0.717) is 17.8 Å². The molecule has 0 aromatic heterocycles. The van der Waals surface area contributed by atoms with Crippen molar-refractivity contribution >= 4 is 0 Å². The van der Waals surface area contributed by atoms with Crippen molar-refractivity contribution in [2.45, 2.75) is 70.3 Å². The maximum Gasteiger partial charge on any atom is 0.0633 e. The van der Waals surface area contributed by atoms with E-state index in [-0.39, 0.29) is 6.10 Å². The number of hydrogen-bond acceptors (Lipinski definition) is 1. The Balaban J connectivity index is 1.93. The molecule has 0 aliphatic heterocycles. The Morgan fingerprint density at radius 2 is 1.29 bits per heavy atom. The second kappa shape index (κ2) is 6.58. The third-order valence-corrected chi connectivity index (χ3v) is 4.99. The van der Waals surface area contributed by atoms with Crippen LogP contribution in [0.2, 0.25) is 0 Å². The van der Waals surface area contributed by atoms with Gasteiger partial charge in [-0.1, -0.05) is 44.6 Å². The predicted octanol–water partition coefficient (Wildman–Crippen LogP) is 4.31. The molecule has 0 amide bonds. The van der Waals surface area contributed by atoms with Gasteiger partial charge in [-0.05, 0) is 37.5 Å². The van der Waals surface area contributed by atoms with Crippen LogP contribution in [0.25, 0.3) is 0 Å². The average Bonchev–Trinajstić information content (AvgIpc) is 2.42. The fourth-order valence-corrected chi connectivity index (χ4v) is 3.92. The fraction of sp³-hybridized carbons (Fsp3) is 0.875. The predicted molar refractivity (Wildman–Crippen MR) is 72.8 cm³/mol.